The molecule has 3 aromatic carbocycles. The Labute approximate surface area is 293 Å². The average Bonchev–Trinajstić information content (AvgIpc) is 3.42. The fourth-order valence-corrected chi connectivity index (χ4v) is 9.11. The minimum Gasteiger partial charge on any atom is -0.483 e. The highest BCUT2D eigenvalue weighted by Crippen LogP contribution is 2.67. The van der Waals surface area contributed by atoms with Gasteiger partial charge in [0.1, 0.15) is 17.5 Å². The molecule has 51 heavy (non-hydrogen) atoms. The van der Waals surface area contributed by atoms with E-state index in [2.05, 4.69) is 21.8 Å². The van der Waals surface area contributed by atoms with E-state index in [0.29, 0.717) is 43.5 Å². The molecule has 0 N–H and O–H groups in total. The molecule has 1 saturated heterocycles. The molecular formula is C39H39F3N2O7. The first-order valence-electron chi connectivity index (χ1n) is 17.1. The van der Waals surface area contributed by atoms with Crippen LogP contribution in [0.5, 0.6) is 17.2 Å². The van der Waals surface area contributed by atoms with E-state index in [0.717, 1.165) is 24.1 Å². The lowest BCUT2D eigenvalue weighted by molar-refractivity contribution is -0.274. The molecule has 9 nitrogen and oxygen atoms in total. The molecule has 2 heterocycles. The number of rotatable bonds is 9. The topological polar surface area (TPSA) is 94.6 Å². The summed E-state index contributed by atoms with van der Waals surface area (Å²) in [6.45, 7) is 4.20. The van der Waals surface area contributed by atoms with Crippen LogP contribution in [-0.2, 0) is 37.4 Å². The normalized spacial score (nSPS) is 26.2. The Hall–Kier alpha value is -4.84. The number of likely N-dealkylation sites (N-methyl/N-ethyl adjacent to an activating group) is 1. The van der Waals surface area contributed by atoms with Crippen LogP contribution in [0.1, 0.15) is 55.4 Å². The van der Waals surface area contributed by atoms with Crippen molar-refractivity contribution in [2.75, 3.05) is 20.1 Å². The van der Waals surface area contributed by atoms with Gasteiger partial charge in [0.15, 0.2) is 11.5 Å². The molecule has 2 aliphatic carbocycles. The fourth-order valence-electron chi connectivity index (χ4n) is 9.11. The number of carbonyl (C=O) groups excluding carboxylic acids is 3. The summed E-state index contributed by atoms with van der Waals surface area (Å²) in [4.78, 5) is 43.1. The molecule has 3 aromatic rings. The Morgan fingerprint density at radius 1 is 1.02 bits per heavy atom. The quantitative estimate of drug-likeness (QED) is 0.152. The number of amides is 1. The maximum Gasteiger partial charge on any atom is 0.573 e. The molecule has 4 aliphatic rings. The summed E-state index contributed by atoms with van der Waals surface area (Å²) in [7, 11) is 1.67. The molecule has 2 unspecified atom stereocenters. The van der Waals surface area contributed by atoms with Crippen molar-refractivity contribution in [1.29, 1.82) is 0 Å². The summed E-state index contributed by atoms with van der Waals surface area (Å²) in [5.41, 5.74) is 1.62. The van der Waals surface area contributed by atoms with Gasteiger partial charge in [0, 0.05) is 39.1 Å². The first-order valence-corrected chi connectivity index (χ1v) is 17.1. The van der Waals surface area contributed by atoms with E-state index < -0.39 is 47.2 Å². The van der Waals surface area contributed by atoms with Crippen molar-refractivity contribution in [2.45, 2.75) is 81.5 Å². The van der Waals surface area contributed by atoms with Crippen LogP contribution in [-0.4, -0.2) is 77.9 Å². The Morgan fingerprint density at radius 2 is 1.80 bits per heavy atom. The van der Waals surface area contributed by atoms with Gasteiger partial charge < -0.3 is 23.8 Å². The zero-order valence-corrected chi connectivity index (χ0v) is 28.6. The van der Waals surface area contributed by atoms with E-state index >= 15 is 0 Å². The van der Waals surface area contributed by atoms with Gasteiger partial charge in [-0.2, -0.15) is 0 Å². The van der Waals surface area contributed by atoms with E-state index in [9.17, 15) is 27.6 Å². The van der Waals surface area contributed by atoms with E-state index in [4.69, 9.17) is 14.2 Å². The van der Waals surface area contributed by atoms with Crippen molar-refractivity contribution in [1.82, 2.24) is 9.80 Å². The van der Waals surface area contributed by atoms with Crippen LogP contribution in [0.3, 0.4) is 0 Å². The van der Waals surface area contributed by atoms with E-state index in [1.54, 1.807) is 24.1 Å². The lowest BCUT2D eigenvalue weighted by Crippen LogP contribution is -2.79. The number of hydrogen-bond acceptors (Lipinski definition) is 8. The zero-order chi connectivity index (χ0) is 36.1. The van der Waals surface area contributed by atoms with Crippen molar-refractivity contribution < 1.29 is 46.5 Å². The van der Waals surface area contributed by atoms with Crippen molar-refractivity contribution in [2.24, 2.45) is 0 Å². The fraction of sp³-hybridized carbons (Fsp3) is 0.410. The minimum absolute atomic E-state index is 0.170. The molecule has 1 amide bonds. The predicted molar refractivity (Wildman–Crippen MR) is 180 cm³/mol. The summed E-state index contributed by atoms with van der Waals surface area (Å²) < 4.78 is 61.5. The zero-order valence-electron chi connectivity index (χ0n) is 28.6. The Kier molecular flexibility index (Phi) is 8.85. The minimum atomic E-state index is -4.84. The van der Waals surface area contributed by atoms with Gasteiger partial charge in [-0.3, -0.25) is 19.3 Å². The van der Waals surface area contributed by atoms with Gasteiger partial charge in [0.2, 0.25) is 5.91 Å². The first kappa shape index (κ1) is 34.6. The molecule has 2 fully saturated rings. The summed E-state index contributed by atoms with van der Waals surface area (Å²) >= 11 is 0. The summed E-state index contributed by atoms with van der Waals surface area (Å²) in [5, 5.41) is 0. The van der Waals surface area contributed by atoms with Crippen molar-refractivity contribution in [3.63, 3.8) is 0 Å². The third-order valence-corrected chi connectivity index (χ3v) is 11.0. The first-order chi connectivity index (χ1) is 24.3. The van der Waals surface area contributed by atoms with Crippen molar-refractivity contribution in [3.8, 4) is 17.2 Å². The van der Waals surface area contributed by atoms with Gasteiger partial charge in [-0.1, -0.05) is 48.5 Å². The number of piperidine rings is 1. The largest absolute Gasteiger partial charge is 0.573 e. The van der Waals surface area contributed by atoms with Crippen LogP contribution in [0.2, 0.25) is 0 Å². The van der Waals surface area contributed by atoms with Crippen molar-refractivity contribution >= 4 is 23.9 Å². The molecule has 7 rings (SSSR count). The molecule has 1 spiro atoms. The molecular weight excluding hydrogens is 665 g/mol. The highest BCUT2D eigenvalue weighted by molar-refractivity contribution is 5.92. The summed E-state index contributed by atoms with van der Waals surface area (Å²) in [5.74, 6) is -0.969. The molecule has 12 heteroatoms. The van der Waals surface area contributed by atoms with Gasteiger partial charge in [-0.15, -0.1) is 13.2 Å². The lowest BCUT2D eigenvalue weighted by Gasteiger charge is -2.65. The number of carbonyl (C=O) groups is 3. The van der Waals surface area contributed by atoms with Crippen molar-refractivity contribution in [3.05, 3.63) is 95.1 Å². The third-order valence-electron chi connectivity index (χ3n) is 11.0. The second kappa shape index (κ2) is 13.0. The van der Waals surface area contributed by atoms with E-state index in [1.807, 2.05) is 24.3 Å². The van der Waals surface area contributed by atoms with Crippen LogP contribution >= 0.6 is 0 Å². The van der Waals surface area contributed by atoms with Gasteiger partial charge in [0.25, 0.3) is 0 Å². The number of nitrogens with zero attached hydrogens (tertiary/aromatic N) is 2. The summed E-state index contributed by atoms with van der Waals surface area (Å²) in [6.07, 6.45) is 0.147. The monoisotopic (exact) mass is 704 g/mol. The highest BCUT2D eigenvalue weighted by Gasteiger charge is 2.75. The molecule has 268 valence electrons. The van der Waals surface area contributed by atoms with Gasteiger partial charge in [0.05, 0.1) is 17.5 Å². The van der Waals surface area contributed by atoms with Crippen LogP contribution in [0.15, 0.2) is 72.8 Å². The molecule has 0 radical (unpaired) electrons. The van der Waals surface area contributed by atoms with E-state index in [-0.39, 0.29) is 17.7 Å². The number of esters is 2. The number of alkyl halides is 3. The third kappa shape index (κ3) is 6.13. The van der Waals surface area contributed by atoms with Gasteiger partial charge >= 0.3 is 18.3 Å². The molecule has 2 aliphatic heterocycles. The Balaban J connectivity index is 1.25. The average molecular weight is 705 g/mol. The number of likely N-dealkylation sites (tertiary alicyclic amines) is 1. The standard InChI is InChI=1S/C39H39F3N2O7/c1-24(45)48-31-14-13-28-23-32-38(50-25(2)46)18-16-30(43(3)33(47)15-12-27-10-7-11-29(22-27)51-39(40,41)42)36-37(38,34(28)35(31)49-36)19-21-44(32)20-17-26-8-5-4-6-9-26/h4-15,22,30,32,36H,16-21,23H2,1-3H3/b15-12+/t30?,32-,36?,37+,38-/m1/s1. The van der Waals surface area contributed by atoms with E-state index in [1.165, 1.54) is 49.8 Å². The SMILES string of the molecule is CC(=O)Oc1ccc2c3c1OC1C(N(C)C(=O)/C=C/c4cccc(OC(F)(F)F)c4)CC[C@@]4(OC(C)=O)[C@@H](C2)N(CCc2ccccc2)CC[C@]314. The molecule has 1 saturated carbocycles. The second-order valence-electron chi connectivity index (χ2n) is 13.8. The number of halogens is 3. The highest BCUT2D eigenvalue weighted by atomic mass is 19.4. The van der Waals surface area contributed by atoms with Gasteiger partial charge in [-0.25, -0.2) is 0 Å². The molecule has 2 bridgehead atoms. The summed E-state index contributed by atoms with van der Waals surface area (Å²) in [6, 6.07) is 18.7. The second-order valence-corrected chi connectivity index (χ2v) is 13.8. The molecule has 5 atom stereocenters. The van der Waals surface area contributed by atoms with Crippen LogP contribution in [0, 0.1) is 0 Å². The van der Waals surface area contributed by atoms with Crippen LogP contribution in [0.4, 0.5) is 13.2 Å². The Morgan fingerprint density at radius 3 is 2.53 bits per heavy atom. The molecule has 0 aromatic heterocycles. The lowest BCUT2D eigenvalue weighted by atomic mass is 9.48. The van der Waals surface area contributed by atoms with Crippen LogP contribution < -0.4 is 14.2 Å². The number of hydrogen-bond donors (Lipinski definition) is 0. The van der Waals surface area contributed by atoms with Gasteiger partial charge in [-0.05, 0) is 79.6 Å². The number of ether oxygens (including phenoxy) is 4. The number of benzene rings is 3. The maximum atomic E-state index is 13.8. The maximum absolute atomic E-state index is 13.8. The van der Waals surface area contributed by atoms with Crippen LogP contribution in [0.25, 0.3) is 6.08 Å². The smallest absolute Gasteiger partial charge is 0.483 e. The predicted octanol–water partition coefficient (Wildman–Crippen LogP) is 6.02. The Bertz CT molecular complexity index is 1880.